The van der Waals surface area contributed by atoms with Crippen molar-refractivity contribution in [1.29, 1.82) is 0 Å². The lowest BCUT2D eigenvalue weighted by molar-refractivity contribution is -0.146. The lowest BCUT2D eigenvalue weighted by Crippen LogP contribution is -2.08. The summed E-state index contributed by atoms with van der Waals surface area (Å²) in [5.41, 5.74) is 0.598. The van der Waals surface area contributed by atoms with Crippen LogP contribution in [0.25, 0.3) is 16.7 Å². The van der Waals surface area contributed by atoms with Crippen LogP contribution in [-0.2, 0) is 27.0 Å². The molecule has 0 saturated carbocycles. The third-order valence-electron chi connectivity index (χ3n) is 4.83. The van der Waals surface area contributed by atoms with E-state index < -0.39 is 29.3 Å². The van der Waals surface area contributed by atoms with E-state index in [1.807, 2.05) is 0 Å². The van der Waals surface area contributed by atoms with Gasteiger partial charge in [-0.2, -0.15) is 13.2 Å². The van der Waals surface area contributed by atoms with Crippen molar-refractivity contribution in [2.24, 2.45) is 0 Å². The van der Waals surface area contributed by atoms with Crippen molar-refractivity contribution in [2.45, 2.75) is 12.7 Å². The van der Waals surface area contributed by atoms with E-state index in [-0.39, 0.29) is 24.3 Å². The number of fused-ring (bicyclic) bond motifs is 1. The Hall–Kier alpha value is -3.26. The summed E-state index contributed by atoms with van der Waals surface area (Å²) in [6, 6.07) is 9.66. The van der Waals surface area contributed by atoms with Gasteiger partial charge in [0.2, 0.25) is 0 Å². The van der Waals surface area contributed by atoms with Crippen molar-refractivity contribution in [3.8, 4) is 0 Å². The number of ether oxygens (including phenoxy) is 1. The van der Waals surface area contributed by atoms with Gasteiger partial charge < -0.3 is 14.4 Å². The minimum absolute atomic E-state index is 0.159. The van der Waals surface area contributed by atoms with Gasteiger partial charge in [-0.25, -0.2) is 4.79 Å². The second kappa shape index (κ2) is 7.21. The van der Waals surface area contributed by atoms with Crippen molar-refractivity contribution < 1.29 is 32.6 Å². The van der Waals surface area contributed by atoms with Crippen LogP contribution in [0.5, 0.6) is 0 Å². The zero-order chi connectivity index (χ0) is 21.6. The van der Waals surface area contributed by atoms with Crippen LogP contribution in [0.2, 0.25) is 5.02 Å². The molecule has 1 saturated heterocycles. The predicted molar refractivity (Wildman–Crippen MR) is 103 cm³/mol. The molecule has 1 aromatic heterocycles. The van der Waals surface area contributed by atoms with Gasteiger partial charge in [-0.3, -0.25) is 4.79 Å². The number of carbonyl (C=O) groups is 2. The number of hydrogen-bond acceptors (Lipinski definition) is 4. The van der Waals surface area contributed by atoms with E-state index in [0.717, 1.165) is 12.1 Å². The number of rotatable bonds is 3. The fourth-order valence-corrected chi connectivity index (χ4v) is 3.49. The highest BCUT2D eigenvalue weighted by Gasteiger charge is 2.33. The summed E-state index contributed by atoms with van der Waals surface area (Å²) >= 11 is 6.08. The quantitative estimate of drug-likeness (QED) is 0.279. The van der Waals surface area contributed by atoms with Crippen LogP contribution in [-0.4, -0.2) is 28.0 Å². The van der Waals surface area contributed by atoms with Crippen molar-refractivity contribution in [1.82, 2.24) is 4.57 Å². The first kappa shape index (κ1) is 20.0. The summed E-state index contributed by atoms with van der Waals surface area (Å²) in [7, 11) is 0. The van der Waals surface area contributed by atoms with Crippen LogP contribution in [0.1, 0.15) is 16.7 Å². The number of aliphatic hydroxyl groups excluding tert-OH is 1. The molecule has 0 radical (unpaired) electrons. The molecule has 0 atom stereocenters. The molecular formula is C21H13ClF3NO4. The molecule has 0 bridgehead atoms. The Morgan fingerprint density at radius 2 is 1.83 bits per heavy atom. The standard InChI is InChI=1S/C21H13ClF3NO4/c22-13-5-6-17-14(7-13)15(18(27)16-10-30-20(29)19(16)28)9-26(17)8-11-1-3-12(4-2-11)21(23,24)25/h1-7,9,27H,8,10H2. The van der Waals surface area contributed by atoms with Crippen molar-refractivity contribution in [3.05, 3.63) is 75.9 Å². The number of nitrogens with zero attached hydrogens (tertiary/aromatic N) is 1. The number of esters is 1. The number of ketones is 1. The average molecular weight is 436 g/mol. The summed E-state index contributed by atoms with van der Waals surface area (Å²) in [4.78, 5) is 23.3. The smallest absolute Gasteiger partial charge is 0.416 e. The summed E-state index contributed by atoms with van der Waals surface area (Å²) < 4.78 is 44.7. The van der Waals surface area contributed by atoms with E-state index in [1.54, 1.807) is 29.0 Å². The lowest BCUT2D eigenvalue weighted by Gasteiger charge is -2.09. The first-order valence-corrected chi connectivity index (χ1v) is 9.11. The van der Waals surface area contributed by atoms with Gasteiger partial charge in [-0.15, -0.1) is 0 Å². The third kappa shape index (κ3) is 3.54. The fourth-order valence-electron chi connectivity index (χ4n) is 3.32. The number of alkyl halides is 3. The van der Waals surface area contributed by atoms with Gasteiger partial charge in [0.1, 0.15) is 12.4 Å². The zero-order valence-corrected chi connectivity index (χ0v) is 15.9. The van der Waals surface area contributed by atoms with Gasteiger partial charge in [0.05, 0.1) is 11.1 Å². The molecule has 0 spiro atoms. The molecule has 2 heterocycles. The minimum atomic E-state index is -4.42. The molecule has 1 N–H and O–H groups in total. The molecule has 0 amide bonds. The van der Waals surface area contributed by atoms with E-state index in [4.69, 9.17) is 11.6 Å². The maximum atomic E-state index is 12.8. The summed E-state index contributed by atoms with van der Waals surface area (Å²) in [5, 5.41) is 11.6. The van der Waals surface area contributed by atoms with Crippen LogP contribution in [0, 0.1) is 0 Å². The zero-order valence-electron chi connectivity index (χ0n) is 15.2. The van der Waals surface area contributed by atoms with Gasteiger partial charge >= 0.3 is 12.1 Å². The largest absolute Gasteiger partial charge is 0.507 e. The summed E-state index contributed by atoms with van der Waals surface area (Å²) in [6.45, 7) is -0.127. The molecule has 0 unspecified atom stereocenters. The monoisotopic (exact) mass is 435 g/mol. The van der Waals surface area contributed by atoms with E-state index in [0.29, 0.717) is 21.5 Å². The Morgan fingerprint density at radius 1 is 1.13 bits per heavy atom. The molecule has 154 valence electrons. The molecular weight excluding hydrogens is 423 g/mol. The van der Waals surface area contributed by atoms with Gasteiger partial charge in [-0.1, -0.05) is 23.7 Å². The van der Waals surface area contributed by atoms with E-state index >= 15 is 0 Å². The Morgan fingerprint density at radius 3 is 2.43 bits per heavy atom. The normalized spacial score (nSPS) is 16.3. The summed E-state index contributed by atoms with van der Waals surface area (Å²) in [5.74, 6) is -2.36. The minimum Gasteiger partial charge on any atom is -0.507 e. The number of Topliss-reactive ketones (excluding diaryl/α,β-unsaturated/α-hetero) is 1. The molecule has 1 fully saturated rings. The lowest BCUT2D eigenvalue weighted by atomic mass is 10.1. The van der Waals surface area contributed by atoms with Gasteiger partial charge in [0.25, 0.3) is 5.78 Å². The number of benzene rings is 2. The number of halogens is 4. The molecule has 3 aromatic rings. The van der Waals surface area contributed by atoms with Crippen LogP contribution in [0.4, 0.5) is 13.2 Å². The molecule has 9 heteroatoms. The third-order valence-corrected chi connectivity index (χ3v) is 5.06. The first-order chi connectivity index (χ1) is 14.1. The van der Waals surface area contributed by atoms with E-state index in [1.165, 1.54) is 12.1 Å². The van der Waals surface area contributed by atoms with Crippen molar-refractivity contribution in [3.63, 3.8) is 0 Å². The number of aromatic nitrogens is 1. The molecule has 1 aliphatic rings. The SMILES string of the molecule is O=C1OCC(=C(O)c2cn(Cc3ccc(C(F)(F)F)cc3)c3ccc(Cl)cc23)C1=O. The Bertz CT molecular complexity index is 1210. The van der Waals surface area contributed by atoms with Gasteiger partial charge in [0.15, 0.2) is 0 Å². The topological polar surface area (TPSA) is 68.5 Å². The second-order valence-electron chi connectivity index (χ2n) is 6.76. The molecule has 0 aliphatic carbocycles. The van der Waals surface area contributed by atoms with E-state index in [2.05, 4.69) is 4.74 Å². The van der Waals surface area contributed by atoms with Crippen molar-refractivity contribution in [2.75, 3.05) is 6.61 Å². The number of cyclic esters (lactones) is 1. The van der Waals surface area contributed by atoms with Crippen LogP contribution in [0.3, 0.4) is 0 Å². The molecule has 4 rings (SSSR count). The Balaban J connectivity index is 1.78. The highest BCUT2D eigenvalue weighted by atomic mass is 35.5. The highest BCUT2D eigenvalue weighted by Crippen LogP contribution is 2.33. The predicted octanol–water partition coefficient (Wildman–Crippen LogP) is 4.76. The Kier molecular flexibility index (Phi) is 4.82. The molecule has 30 heavy (non-hydrogen) atoms. The molecule has 5 nitrogen and oxygen atoms in total. The molecule has 2 aromatic carbocycles. The Labute approximate surface area is 172 Å². The number of aliphatic hydroxyl groups is 1. The fraction of sp³-hybridized carbons (Fsp3) is 0.143. The van der Waals surface area contributed by atoms with Crippen LogP contribution in [0.15, 0.2) is 54.2 Å². The average Bonchev–Trinajstić information content (AvgIpc) is 3.21. The highest BCUT2D eigenvalue weighted by molar-refractivity contribution is 6.43. The maximum absolute atomic E-state index is 12.8. The van der Waals surface area contributed by atoms with Crippen LogP contribution < -0.4 is 0 Å². The molecule has 1 aliphatic heterocycles. The van der Waals surface area contributed by atoms with Crippen molar-refractivity contribution >= 4 is 40.0 Å². The maximum Gasteiger partial charge on any atom is 0.416 e. The summed E-state index contributed by atoms with van der Waals surface area (Å²) in [6.07, 6.45) is -2.87. The number of hydrogen-bond donors (Lipinski definition) is 1. The van der Waals surface area contributed by atoms with E-state index in [9.17, 15) is 27.9 Å². The van der Waals surface area contributed by atoms with Gasteiger partial charge in [-0.05, 0) is 35.9 Å². The number of carbonyl (C=O) groups excluding carboxylic acids is 2. The second-order valence-corrected chi connectivity index (χ2v) is 7.20. The van der Waals surface area contributed by atoms with Crippen LogP contribution >= 0.6 is 11.6 Å². The first-order valence-electron chi connectivity index (χ1n) is 8.73. The van der Waals surface area contributed by atoms with Gasteiger partial charge in [0, 0.05) is 34.2 Å².